The number of amides is 2. The number of nitrogens with one attached hydrogen (secondary N) is 1. The lowest BCUT2D eigenvalue weighted by Crippen LogP contribution is -2.53. The van der Waals surface area contributed by atoms with E-state index in [1.54, 1.807) is 43.5 Å². The molecule has 0 aliphatic rings. The molecule has 1 unspecified atom stereocenters. The summed E-state index contributed by atoms with van der Waals surface area (Å²) in [6.07, 6.45) is 0.246. The minimum atomic E-state index is -4.16. The molecule has 2 amide bonds. The van der Waals surface area contributed by atoms with Crippen LogP contribution in [0.3, 0.4) is 0 Å². The number of nitrogens with zero attached hydrogens (tertiary/aromatic N) is 2. The zero-order valence-corrected chi connectivity index (χ0v) is 28.0. The quantitative estimate of drug-likeness (QED) is 0.185. The van der Waals surface area contributed by atoms with E-state index in [0.717, 1.165) is 26.6 Å². The average Bonchev–Trinajstić information content (AvgIpc) is 3.04. The number of sulfonamides is 1. The van der Waals surface area contributed by atoms with Gasteiger partial charge in [0.1, 0.15) is 18.3 Å². The van der Waals surface area contributed by atoms with Gasteiger partial charge in [0.15, 0.2) is 0 Å². The Hall–Kier alpha value is -4.63. The number of carbonyl (C=O) groups excluding carboxylic acids is 2. The van der Waals surface area contributed by atoms with Crippen molar-refractivity contribution in [1.82, 2.24) is 10.2 Å². The summed E-state index contributed by atoms with van der Waals surface area (Å²) in [6.45, 7) is 7.76. The van der Waals surface area contributed by atoms with E-state index in [9.17, 15) is 18.0 Å². The Kier molecular flexibility index (Phi) is 11.6. The number of hydrogen-bond donors (Lipinski definition) is 1. The van der Waals surface area contributed by atoms with Crippen molar-refractivity contribution in [1.29, 1.82) is 0 Å². The highest BCUT2D eigenvalue weighted by atomic mass is 32.2. The highest BCUT2D eigenvalue weighted by Gasteiger charge is 2.34. The van der Waals surface area contributed by atoms with E-state index in [4.69, 9.17) is 4.74 Å². The fourth-order valence-corrected chi connectivity index (χ4v) is 6.71. The van der Waals surface area contributed by atoms with Crippen LogP contribution in [0.2, 0.25) is 0 Å². The first-order valence-electron chi connectivity index (χ1n) is 15.4. The first-order chi connectivity index (χ1) is 22.0. The maximum atomic E-state index is 14.6. The fraction of sp³-hybridized carbons (Fsp3) is 0.297. The van der Waals surface area contributed by atoms with Crippen molar-refractivity contribution in [3.63, 3.8) is 0 Å². The van der Waals surface area contributed by atoms with Crippen molar-refractivity contribution in [2.45, 2.75) is 51.6 Å². The van der Waals surface area contributed by atoms with Crippen LogP contribution >= 0.6 is 0 Å². The minimum absolute atomic E-state index is 0.0642. The number of benzene rings is 4. The second kappa shape index (κ2) is 15.6. The molecule has 0 aliphatic heterocycles. The van der Waals surface area contributed by atoms with Gasteiger partial charge in [-0.15, -0.1) is 0 Å². The molecular weight excluding hydrogens is 598 g/mol. The van der Waals surface area contributed by atoms with E-state index >= 15 is 0 Å². The minimum Gasteiger partial charge on any atom is -0.497 e. The summed E-state index contributed by atoms with van der Waals surface area (Å²) in [5.41, 5.74) is 3.71. The molecule has 0 heterocycles. The molecule has 9 heteroatoms. The van der Waals surface area contributed by atoms with Gasteiger partial charge in [-0.1, -0.05) is 80.6 Å². The predicted octanol–water partition coefficient (Wildman–Crippen LogP) is 5.92. The molecule has 0 aliphatic carbocycles. The van der Waals surface area contributed by atoms with E-state index in [1.807, 2.05) is 82.3 Å². The number of carbonyl (C=O) groups is 2. The molecule has 1 N–H and O–H groups in total. The summed E-state index contributed by atoms with van der Waals surface area (Å²) in [5.74, 6) is -0.0167. The molecule has 8 nitrogen and oxygen atoms in total. The van der Waals surface area contributed by atoms with Gasteiger partial charge in [-0.3, -0.25) is 13.9 Å². The van der Waals surface area contributed by atoms with Crippen molar-refractivity contribution in [3.05, 3.63) is 125 Å². The zero-order valence-electron chi connectivity index (χ0n) is 27.1. The summed E-state index contributed by atoms with van der Waals surface area (Å²) in [7, 11) is -2.60. The molecule has 1 atom stereocenters. The maximum Gasteiger partial charge on any atom is 0.264 e. The third-order valence-electron chi connectivity index (χ3n) is 7.55. The van der Waals surface area contributed by atoms with Crippen LogP contribution in [0.5, 0.6) is 5.75 Å². The third-order valence-corrected chi connectivity index (χ3v) is 9.34. The van der Waals surface area contributed by atoms with E-state index in [2.05, 4.69) is 5.32 Å². The highest BCUT2D eigenvalue weighted by Crippen LogP contribution is 2.27. The van der Waals surface area contributed by atoms with E-state index in [0.29, 0.717) is 18.0 Å². The zero-order chi connectivity index (χ0) is 33.3. The fourth-order valence-electron chi connectivity index (χ4n) is 5.29. The molecule has 4 aromatic carbocycles. The normalized spacial score (nSPS) is 12.0. The van der Waals surface area contributed by atoms with Gasteiger partial charge >= 0.3 is 0 Å². The van der Waals surface area contributed by atoms with Gasteiger partial charge in [0.25, 0.3) is 10.0 Å². The number of anilines is 1. The van der Waals surface area contributed by atoms with Crippen LogP contribution in [0.25, 0.3) is 0 Å². The van der Waals surface area contributed by atoms with Gasteiger partial charge in [0.05, 0.1) is 17.7 Å². The molecule has 0 spiro atoms. The molecule has 0 saturated carbocycles. The number of ether oxygens (including phenoxy) is 1. The van der Waals surface area contributed by atoms with Crippen molar-refractivity contribution in [2.75, 3.05) is 24.5 Å². The van der Waals surface area contributed by atoms with Crippen molar-refractivity contribution in [2.24, 2.45) is 5.92 Å². The smallest absolute Gasteiger partial charge is 0.264 e. The van der Waals surface area contributed by atoms with E-state index < -0.39 is 28.5 Å². The van der Waals surface area contributed by atoms with Crippen LogP contribution < -0.4 is 14.4 Å². The Morgan fingerprint density at radius 2 is 1.41 bits per heavy atom. The van der Waals surface area contributed by atoms with Crippen LogP contribution in [0.1, 0.15) is 36.1 Å². The van der Waals surface area contributed by atoms with Crippen LogP contribution in [0.15, 0.2) is 108 Å². The Bertz CT molecular complexity index is 1710. The predicted molar refractivity (Wildman–Crippen MR) is 182 cm³/mol. The Morgan fingerprint density at radius 1 is 0.804 bits per heavy atom. The summed E-state index contributed by atoms with van der Waals surface area (Å²) < 4.78 is 35.0. The van der Waals surface area contributed by atoms with Crippen LogP contribution in [0, 0.1) is 19.8 Å². The van der Waals surface area contributed by atoms with Gasteiger partial charge in [0.2, 0.25) is 11.8 Å². The van der Waals surface area contributed by atoms with Gasteiger partial charge < -0.3 is 15.0 Å². The molecule has 4 rings (SSSR count). The lowest BCUT2D eigenvalue weighted by atomic mass is 10.0. The first kappa shape index (κ1) is 34.2. The van der Waals surface area contributed by atoms with E-state index in [-0.39, 0.29) is 29.7 Å². The van der Waals surface area contributed by atoms with Crippen LogP contribution in [0.4, 0.5) is 5.69 Å². The second-order valence-electron chi connectivity index (χ2n) is 11.9. The van der Waals surface area contributed by atoms with Gasteiger partial charge in [-0.25, -0.2) is 8.42 Å². The molecule has 0 bridgehead atoms. The number of rotatable bonds is 14. The van der Waals surface area contributed by atoms with Gasteiger partial charge in [-0.05, 0) is 78.4 Å². The summed E-state index contributed by atoms with van der Waals surface area (Å²) >= 11 is 0. The Morgan fingerprint density at radius 3 is 2.02 bits per heavy atom. The van der Waals surface area contributed by atoms with Gasteiger partial charge in [-0.2, -0.15) is 0 Å². The SMILES string of the molecule is COc1cccc(CN(C(=O)CN(c2cc(C)cc(C)c2)S(=O)(=O)c2ccccc2)C(Cc2ccccc2)C(=O)NCC(C)C)c1. The lowest BCUT2D eigenvalue weighted by molar-refractivity contribution is -0.140. The van der Waals surface area contributed by atoms with Crippen molar-refractivity contribution in [3.8, 4) is 5.75 Å². The molecule has 4 aromatic rings. The lowest BCUT2D eigenvalue weighted by Gasteiger charge is -2.34. The molecule has 242 valence electrons. The molecule has 0 aromatic heterocycles. The monoisotopic (exact) mass is 641 g/mol. The van der Waals surface area contributed by atoms with E-state index in [1.165, 1.54) is 17.0 Å². The molecule has 0 radical (unpaired) electrons. The maximum absolute atomic E-state index is 14.6. The van der Waals surface area contributed by atoms with Crippen LogP contribution in [-0.4, -0.2) is 51.4 Å². The van der Waals surface area contributed by atoms with Crippen molar-refractivity contribution >= 4 is 27.5 Å². The highest BCUT2D eigenvalue weighted by molar-refractivity contribution is 7.92. The third kappa shape index (κ3) is 8.97. The summed E-state index contributed by atoms with van der Waals surface area (Å²) in [6, 6.07) is 29.4. The van der Waals surface area contributed by atoms with Crippen LogP contribution in [-0.2, 0) is 32.6 Å². The molecule has 0 saturated heterocycles. The molecule has 0 fully saturated rings. The standard InChI is InChI=1S/C37H43N3O5S/c1-27(2)24-38-37(42)35(23-30-13-8-6-9-14-30)39(25-31-15-12-16-33(22-31)45-5)36(41)26-40(32-20-28(3)19-29(4)21-32)46(43,44)34-17-10-7-11-18-34/h6-22,27,35H,23-26H2,1-5H3,(H,38,42). The summed E-state index contributed by atoms with van der Waals surface area (Å²) in [5, 5.41) is 3.01. The summed E-state index contributed by atoms with van der Waals surface area (Å²) in [4.78, 5) is 30.1. The molecule has 46 heavy (non-hydrogen) atoms. The number of methoxy groups -OCH3 is 1. The first-order valence-corrected chi connectivity index (χ1v) is 16.8. The molecular formula is C37H43N3O5S. The Labute approximate surface area is 273 Å². The number of hydrogen-bond acceptors (Lipinski definition) is 5. The second-order valence-corrected chi connectivity index (χ2v) is 13.8. The largest absolute Gasteiger partial charge is 0.497 e. The van der Waals surface area contributed by atoms with Crippen molar-refractivity contribution < 1.29 is 22.7 Å². The van der Waals surface area contributed by atoms with Gasteiger partial charge in [0, 0.05) is 19.5 Å². The topological polar surface area (TPSA) is 96.0 Å². The average molecular weight is 642 g/mol. The Balaban J connectivity index is 1.82. The number of aryl methyl sites for hydroxylation is 2.